The first-order valence-electron chi connectivity index (χ1n) is 7.00. The first-order valence-corrected chi connectivity index (χ1v) is 7.38. The number of fused-ring (bicyclic) bond motifs is 1. The van der Waals surface area contributed by atoms with Crippen LogP contribution in [0.15, 0.2) is 24.8 Å². The molecule has 0 atom stereocenters. The molecule has 0 bridgehead atoms. The summed E-state index contributed by atoms with van der Waals surface area (Å²) in [6.45, 7) is 5.79. The van der Waals surface area contributed by atoms with Gasteiger partial charge in [-0.1, -0.05) is 11.6 Å². The molecule has 0 spiro atoms. The maximum absolute atomic E-state index is 11.9. The highest BCUT2D eigenvalue weighted by Gasteiger charge is 2.46. The van der Waals surface area contributed by atoms with Crippen LogP contribution in [0.2, 0.25) is 5.02 Å². The smallest absolute Gasteiger partial charge is 0.410 e. The Morgan fingerprint density at radius 1 is 1.45 bits per heavy atom. The van der Waals surface area contributed by atoms with Crippen molar-refractivity contribution in [1.29, 1.82) is 0 Å². The number of nitrogens with zero attached hydrogens (tertiary/aromatic N) is 3. The van der Waals surface area contributed by atoms with Crippen LogP contribution in [0.1, 0.15) is 26.3 Å². The molecule has 22 heavy (non-hydrogen) atoms. The predicted molar refractivity (Wildman–Crippen MR) is 81.9 cm³/mol. The summed E-state index contributed by atoms with van der Waals surface area (Å²) in [7, 11) is 0. The number of amides is 1. The van der Waals surface area contributed by atoms with Crippen LogP contribution in [0.3, 0.4) is 0 Å². The molecule has 118 valence electrons. The van der Waals surface area contributed by atoms with Crippen LogP contribution in [0.4, 0.5) is 4.79 Å². The third kappa shape index (κ3) is 2.64. The van der Waals surface area contributed by atoms with Gasteiger partial charge in [-0.15, -0.1) is 0 Å². The Labute approximate surface area is 133 Å². The molecule has 0 unspecified atom stereocenters. The van der Waals surface area contributed by atoms with E-state index in [-0.39, 0.29) is 13.1 Å². The summed E-state index contributed by atoms with van der Waals surface area (Å²) in [5.41, 5.74) is -0.233. The first-order chi connectivity index (χ1) is 10.2. The fourth-order valence-corrected chi connectivity index (χ4v) is 2.73. The summed E-state index contributed by atoms with van der Waals surface area (Å²) >= 11 is 6.20. The molecule has 0 radical (unpaired) electrons. The molecule has 7 heteroatoms. The number of pyridine rings is 1. The van der Waals surface area contributed by atoms with Crippen LogP contribution < -0.4 is 0 Å². The van der Waals surface area contributed by atoms with E-state index in [4.69, 9.17) is 16.3 Å². The minimum Gasteiger partial charge on any atom is -0.444 e. The average Bonchev–Trinajstić information content (AvgIpc) is 2.81. The van der Waals surface area contributed by atoms with Crippen LogP contribution in [-0.2, 0) is 10.3 Å². The van der Waals surface area contributed by atoms with Gasteiger partial charge in [-0.05, 0) is 26.8 Å². The molecule has 0 aromatic carbocycles. The average molecular weight is 324 g/mol. The van der Waals surface area contributed by atoms with Gasteiger partial charge in [0, 0.05) is 11.8 Å². The standard InChI is InChI=1S/C15H18ClN3O3/c1-14(2,3)22-13(20)19-7-15(21,8-19)10-4-11(16)12-5-17-9-18(12)6-10/h4-6,9,21H,7-8H2,1-3H3. The second kappa shape index (κ2) is 4.86. The number of carbonyl (C=O) groups is 1. The highest BCUT2D eigenvalue weighted by molar-refractivity contribution is 6.33. The summed E-state index contributed by atoms with van der Waals surface area (Å²) in [6.07, 6.45) is 4.63. The van der Waals surface area contributed by atoms with Gasteiger partial charge in [-0.3, -0.25) is 0 Å². The second-order valence-corrected chi connectivity index (χ2v) is 7.04. The monoisotopic (exact) mass is 323 g/mol. The highest BCUT2D eigenvalue weighted by Crippen LogP contribution is 2.34. The van der Waals surface area contributed by atoms with Gasteiger partial charge >= 0.3 is 6.09 Å². The normalized spacial score (nSPS) is 17.4. The summed E-state index contributed by atoms with van der Waals surface area (Å²) in [4.78, 5) is 17.4. The van der Waals surface area contributed by atoms with Crippen LogP contribution >= 0.6 is 11.6 Å². The minimum atomic E-state index is -1.11. The number of rotatable bonds is 1. The van der Waals surface area contributed by atoms with Crippen LogP contribution in [0.25, 0.3) is 5.52 Å². The largest absolute Gasteiger partial charge is 0.444 e. The van der Waals surface area contributed by atoms with Crippen LogP contribution in [0.5, 0.6) is 0 Å². The number of β-amino-alcohol motifs (C(OH)–C–C–N with tert-alkyl or cyclic N) is 1. The SMILES string of the molecule is CC(C)(C)OC(=O)N1CC(O)(c2cc(Cl)c3cncn3c2)C1. The van der Waals surface area contributed by atoms with Crippen molar-refractivity contribution in [3.8, 4) is 0 Å². The molecule has 0 saturated carbocycles. The summed E-state index contributed by atoms with van der Waals surface area (Å²) in [5.74, 6) is 0. The van der Waals surface area contributed by atoms with Crippen molar-refractivity contribution < 1.29 is 14.6 Å². The second-order valence-electron chi connectivity index (χ2n) is 6.63. The lowest BCUT2D eigenvalue weighted by molar-refractivity contribution is -0.103. The zero-order chi connectivity index (χ0) is 16.1. The van der Waals surface area contributed by atoms with Crippen LogP contribution in [0, 0.1) is 0 Å². The first kappa shape index (κ1) is 15.1. The molecule has 2 aromatic rings. The number of hydrogen-bond donors (Lipinski definition) is 1. The molecule has 1 aliphatic rings. The maximum Gasteiger partial charge on any atom is 0.410 e. The third-order valence-corrected chi connectivity index (χ3v) is 3.87. The van der Waals surface area contributed by atoms with Crippen molar-refractivity contribution in [2.75, 3.05) is 13.1 Å². The van der Waals surface area contributed by atoms with Crippen molar-refractivity contribution in [3.63, 3.8) is 0 Å². The Kier molecular flexibility index (Phi) is 3.34. The van der Waals surface area contributed by atoms with Gasteiger partial charge in [0.25, 0.3) is 0 Å². The number of likely N-dealkylation sites (tertiary alicyclic amines) is 1. The number of carbonyl (C=O) groups excluding carboxylic acids is 1. The van der Waals surface area contributed by atoms with E-state index >= 15 is 0 Å². The number of halogens is 1. The van der Waals surface area contributed by atoms with E-state index in [9.17, 15) is 9.90 Å². The van der Waals surface area contributed by atoms with Gasteiger partial charge < -0.3 is 19.1 Å². The molecule has 0 aliphatic carbocycles. The fraction of sp³-hybridized carbons (Fsp3) is 0.467. The zero-order valence-electron chi connectivity index (χ0n) is 12.7. The number of aromatic nitrogens is 2. The van der Waals surface area contributed by atoms with E-state index in [1.165, 1.54) is 4.90 Å². The van der Waals surface area contributed by atoms with E-state index in [0.717, 1.165) is 5.52 Å². The lowest BCUT2D eigenvalue weighted by Gasteiger charge is -2.46. The summed E-state index contributed by atoms with van der Waals surface area (Å²) in [6, 6.07) is 1.71. The Balaban J connectivity index is 1.77. The lowest BCUT2D eigenvalue weighted by Crippen LogP contribution is -2.62. The molecular weight excluding hydrogens is 306 g/mol. The molecule has 1 amide bonds. The molecule has 3 rings (SSSR count). The summed E-state index contributed by atoms with van der Waals surface area (Å²) < 4.78 is 7.04. The van der Waals surface area contributed by atoms with Gasteiger partial charge in [-0.2, -0.15) is 0 Å². The number of aliphatic hydroxyl groups is 1. The van der Waals surface area contributed by atoms with E-state index in [1.54, 1.807) is 29.2 Å². The molecule has 1 saturated heterocycles. The molecule has 1 fully saturated rings. The molecule has 1 aliphatic heterocycles. The number of hydrogen-bond acceptors (Lipinski definition) is 4. The minimum absolute atomic E-state index is 0.179. The van der Waals surface area contributed by atoms with Crippen molar-refractivity contribution in [2.24, 2.45) is 0 Å². The lowest BCUT2D eigenvalue weighted by atomic mass is 9.87. The van der Waals surface area contributed by atoms with Crippen molar-refractivity contribution >= 4 is 23.2 Å². The number of imidazole rings is 1. The van der Waals surface area contributed by atoms with Crippen molar-refractivity contribution in [2.45, 2.75) is 32.0 Å². The summed E-state index contributed by atoms with van der Waals surface area (Å²) in [5, 5.41) is 11.2. The molecule has 6 nitrogen and oxygen atoms in total. The number of ether oxygens (including phenoxy) is 1. The van der Waals surface area contributed by atoms with E-state index < -0.39 is 17.3 Å². The van der Waals surface area contributed by atoms with Crippen LogP contribution in [-0.4, -0.2) is 44.2 Å². The Bertz CT molecular complexity index is 729. The van der Waals surface area contributed by atoms with E-state index in [0.29, 0.717) is 10.6 Å². The Hall–Kier alpha value is -1.79. The van der Waals surface area contributed by atoms with E-state index in [2.05, 4.69) is 4.98 Å². The van der Waals surface area contributed by atoms with Crippen molar-refractivity contribution in [1.82, 2.24) is 14.3 Å². The van der Waals surface area contributed by atoms with Gasteiger partial charge in [0.05, 0.1) is 36.2 Å². The highest BCUT2D eigenvalue weighted by atomic mass is 35.5. The van der Waals surface area contributed by atoms with E-state index in [1.807, 2.05) is 20.8 Å². The third-order valence-electron chi connectivity index (χ3n) is 3.57. The van der Waals surface area contributed by atoms with Gasteiger partial charge in [0.2, 0.25) is 0 Å². The molecular formula is C15H18ClN3O3. The molecule has 3 heterocycles. The van der Waals surface area contributed by atoms with Gasteiger partial charge in [0.15, 0.2) is 0 Å². The van der Waals surface area contributed by atoms with Crippen molar-refractivity contribution in [3.05, 3.63) is 35.4 Å². The Morgan fingerprint density at radius 2 is 2.14 bits per heavy atom. The fourth-order valence-electron chi connectivity index (χ4n) is 2.47. The zero-order valence-corrected chi connectivity index (χ0v) is 13.5. The molecule has 1 N–H and O–H groups in total. The maximum atomic E-state index is 11.9. The Morgan fingerprint density at radius 3 is 2.77 bits per heavy atom. The predicted octanol–water partition coefficient (Wildman–Crippen LogP) is 2.43. The van der Waals surface area contributed by atoms with Gasteiger partial charge in [-0.25, -0.2) is 9.78 Å². The topological polar surface area (TPSA) is 67.1 Å². The quantitative estimate of drug-likeness (QED) is 0.875. The van der Waals surface area contributed by atoms with Gasteiger partial charge in [0.1, 0.15) is 11.2 Å². The molecule has 2 aromatic heterocycles.